The third-order valence-corrected chi connectivity index (χ3v) is 8.83. The van der Waals surface area contributed by atoms with E-state index < -0.39 is 23.0 Å². The lowest BCUT2D eigenvalue weighted by atomic mass is 10.0. The van der Waals surface area contributed by atoms with E-state index in [1.165, 1.54) is 30.6 Å². The Hall–Kier alpha value is -4.81. The van der Waals surface area contributed by atoms with Crippen molar-refractivity contribution in [3.63, 3.8) is 0 Å². The zero-order valence-corrected chi connectivity index (χ0v) is 26.2. The van der Waals surface area contributed by atoms with Gasteiger partial charge in [0.25, 0.3) is 0 Å². The number of rotatable bonds is 11. The van der Waals surface area contributed by atoms with E-state index in [0.29, 0.717) is 30.0 Å². The lowest BCUT2D eigenvalue weighted by Gasteiger charge is -2.17. The summed E-state index contributed by atoms with van der Waals surface area (Å²) in [6, 6.07) is 14.8. The van der Waals surface area contributed by atoms with Crippen LogP contribution in [0.15, 0.2) is 67.0 Å². The molecular weight excluding hydrogens is 595 g/mol. The molecule has 6 rings (SSSR count). The van der Waals surface area contributed by atoms with Gasteiger partial charge in [0.2, 0.25) is 11.8 Å². The number of aromatic nitrogens is 3. The van der Waals surface area contributed by atoms with Crippen molar-refractivity contribution in [3.05, 3.63) is 78.6 Å². The van der Waals surface area contributed by atoms with Gasteiger partial charge in [0, 0.05) is 36.8 Å². The van der Waals surface area contributed by atoms with Crippen LogP contribution >= 0.6 is 11.3 Å². The molecule has 10 nitrogen and oxygen atoms in total. The van der Waals surface area contributed by atoms with Crippen LogP contribution in [0.25, 0.3) is 20.8 Å². The maximum atomic E-state index is 15.3. The number of methoxy groups -OCH3 is 1. The molecule has 0 spiro atoms. The summed E-state index contributed by atoms with van der Waals surface area (Å²) >= 11 is 1.48. The quantitative estimate of drug-likeness (QED) is 0.160. The molecule has 1 aliphatic carbocycles. The predicted octanol–water partition coefficient (Wildman–Crippen LogP) is 6.54. The Morgan fingerprint density at radius 1 is 1.04 bits per heavy atom. The fourth-order valence-electron chi connectivity index (χ4n) is 5.08. The first kappa shape index (κ1) is 30.2. The summed E-state index contributed by atoms with van der Waals surface area (Å²) in [7, 11) is 5.52. The number of amides is 2. The van der Waals surface area contributed by atoms with Gasteiger partial charge in [-0.25, -0.2) is 9.37 Å². The van der Waals surface area contributed by atoms with Crippen molar-refractivity contribution in [1.29, 1.82) is 0 Å². The monoisotopic (exact) mass is 628 g/mol. The van der Waals surface area contributed by atoms with E-state index in [4.69, 9.17) is 14.5 Å². The number of nitrogens with one attached hydrogen (secondary N) is 2. The van der Waals surface area contributed by atoms with Gasteiger partial charge in [0.15, 0.2) is 11.6 Å². The number of aryl methyl sites for hydroxylation is 1. The zero-order chi connectivity index (χ0) is 31.7. The van der Waals surface area contributed by atoms with E-state index in [9.17, 15) is 9.59 Å². The van der Waals surface area contributed by atoms with E-state index in [-0.39, 0.29) is 11.4 Å². The Morgan fingerprint density at radius 3 is 2.53 bits per heavy atom. The van der Waals surface area contributed by atoms with Gasteiger partial charge in [0.1, 0.15) is 22.7 Å². The molecule has 0 aliphatic heterocycles. The standard InChI is InChI=1S/C33H33FN6O4S/c1-5-40-18-24(37-29(40)19-39(2)3)28-17-23-30(45-28)27(12-15-35-23)44-25-11-10-20(16-21(25)34)36-31(41)33(13-14-33)32(42)38-22-8-6-7-9-26(22)43-4/h6-12,15-18H,5,13-14,19H2,1-4H3,(H,36,41)(H,38,42). The number of hydrogen-bond acceptors (Lipinski definition) is 8. The average molecular weight is 629 g/mol. The second-order valence-electron chi connectivity index (χ2n) is 11.1. The van der Waals surface area contributed by atoms with E-state index >= 15 is 4.39 Å². The van der Waals surface area contributed by atoms with Crippen molar-refractivity contribution in [2.75, 3.05) is 31.8 Å². The van der Waals surface area contributed by atoms with Gasteiger partial charge in [0.05, 0.1) is 40.1 Å². The molecule has 3 heterocycles. The molecule has 3 aromatic heterocycles. The molecule has 5 aromatic rings. The lowest BCUT2D eigenvalue weighted by Crippen LogP contribution is -2.35. The highest BCUT2D eigenvalue weighted by atomic mass is 32.1. The van der Waals surface area contributed by atoms with E-state index in [2.05, 4.69) is 32.0 Å². The summed E-state index contributed by atoms with van der Waals surface area (Å²) in [5, 5.41) is 5.49. The molecule has 2 amide bonds. The molecule has 2 aromatic carbocycles. The number of thiophene rings is 1. The number of hydrogen-bond donors (Lipinski definition) is 2. The van der Waals surface area contributed by atoms with Crippen LogP contribution in [-0.4, -0.2) is 52.5 Å². The number of ether oxygens (including phenoxy) is 2. The summed E-state index contributed by atoms with van der Waals surface area (Å²) in [6.07, 6.45) is 4.43. The molecule has 12 heteroatoms. The number of benzene rings is 2. The number of nitrogens with zero attached hydrogens (tertiary/aromatic N) is 4. The number of carbonyl (C=O) groups excluding carboxylic acids is 2. The topological polar surface area (TPSA) is 111 Å². The largest absolute Gasteiger partial charge is 0.495 e. The van der Waals surface area contributed by atoms with Crippen LogP contribution in [0, 0.1) is 11.2 Å². The molecule has 0 atom stereocenters. The number of para-hydroxylation sites is 2. The SMILES string of the molecule is CCn1cc(-c2cc3nccc(Oc4ccc(NC(=O)C5(C(=O)Nc6ccccc6OC)CC5)cc4F)c3s2)nc1CN(C)C. The second-order valence-corrected chi connectivity index (χ2v) is 12.2. The van der Waals surface area contributed by atoms with Crippen molar-refractivity contribution in [3.8, 4) is 27.8 Å². The molecule has 45 heavy (non-hydrogen) atoms. The van der Waals surface area contributed by atoms with Crippen molar-refractivity contribution < 1.29 is 23.5 Å². The number of anilines is 2. The van der Waals surface area contributed by atoms with Crippen LogP contribution in [0.4, 0.5) is 15.8 Å². The second kappa shape index (κ2) is 12.3. The number of halogens is 1. The van der Waals surface area contributed by atoms with Crippen molar-refractivity contribution in [2.24, 2.45) is 5.41 Å². The third-order valence-electron chi connectivity index (χ3n) is 7.67. The first-order valence-electron chi connectivity index (χ1n) is 14.5. The maximum absolute atomic E-state index is 15.3. The summed E-state index contributed by atoms with van der Waals surface area (Å²) < 4.78 is 29.5. The van der Waals surface area contributed by atoms with E-state index in [1.54, 1.807) is 42.6 Å². The smallest absolute Gasteiger partial charge is 0.240 e. The van der Waals surface area contributed by atoms with Crippen LogP contribution in [0.2, 0.25) is 0 Å². The number of pyridine rings is 1. The summed E-state index contributed by atoms with van der Waals surface area (Å²) in [4.78, 5) is 38.6. The predicted molar refractivity (Wildman–Crippen MR) is 172 cm³/mol. The summed E-state index contributed by atoms with van der Waals surface area (Å²) in [6.45, 7) is 3.61. The minimum absolute atomic E-state index is 0.00553. The van der Waals surface area contributed by atoms with Crippen LogP contribution in [-0.2, 0) is 22.7 Å². The van der Waals surface area contributed by atoms with Crippen LogP contribution in [0.3, 0.4) is 0 Å². The van der Waals surface area contributed by atoms with E-state index in [0.717, 1.165) is 39.7 Å². The van der Waals surface area contributed by atoms with Crippen molar-refractivity contribution in [1.82, 2.24) is 19.4 Å². The highest BCUT2D eigenvalue weighted by Gasteiger charge is 2.56. The normalized spacial score (nSPS) is 13.6. The molecule has 232 valence electrons. The first-order valence-corrected chi connectivity index (χ1v) is 15.4. The minimum atomic E-state index is -1.23. The van der Waals surface area contributed by atoms with Gasteiger partial charge < -0.3 is 29.6 Å². The maximum Gasteiger partial charge on any atom is 0.240 e. The molecular formula is C33H33FN6O4S. The van der Waals surface area contributed by atoms with Gasteiger partial charge in [-0.15, -0.1) is 11.3 Å². The lowest BCUT2D eigenvalue weighted by molar-refractivity contribution is -0.131. The molecule has 1 fully saturated rings. The fourth-order valence-corrected chi connectivity index (χ4v) is 6.10. The molecule has 1 aliphatic rings. The van der Waals surface area contributed by atoms with Gasteiger partial charge in [-0.1, -0.05) is 12.1 Å². The Morgan fingerprint density at radius 2 is 1.82 bits per heavy atom. The van der Waals surface area contributed by atoms with Crippen molar-refractivity contribution in [2.45, 2.75) is 32.9 Å². The Labute approximate surface area is 263 Å². The Balaban J connectivity index is 1.17. The van der Waals surface area contributed by atoms with E-state index in [1.807, 2.05) is 26.4 Å². The average Bonchev–Trinajstić information content (AvgIpc) is 3.57. The first-order chi connectivity index (χ1) is 21.7. The Kier molecular flexibility index (Phi) is 8.26. The fraction of sp³-hybridized carbons (Fsp3) is 0.273. The molecule has 1 saturated carbocycles. The molecule has 0 radical (unpaired) electrons. The van der Waals surface area contributed by atoms with Gasteiger partial charge in [-0.3, -0.25) is 14.6 Å². The highest BCUT2D eigenvalue weighted by Crippen LogP contribution is 2.48. The summed E-state index contributed by atoms with van der Waals surface area (Å²) in [5.41, 5.74) is 1.03. The van der Waals surface area contributed by atoms with Gasteiger partial charge >= 0.3 is 0 Å². The van der Waals surface area contributed by atoms with Crippen molar-refractivity contribution >= 4 is 44.7 Å². The third kappa shape index (κ3) is 6.11. The van der Waals surface area contributed by atoms with Gasteiger partial charge in [-0.2, -0.15) is 0 Å². The number of carbonyl (C=O) groups is 2. The highest BCUT2D eigenvalue weighted by molar-refractivity contribution is 7.22. The Bertz CT molecular complexity index is 1900. The van der Waals surface area contributed by atoms with Gasteiger partial charge in [-0.05, 0) is 64.2 Å². The summed E-state index contributed by atoms with van der Waals surface area (Å²) in [5.74, 6) is 0.327. The molecule has 2 N–H and O–H groups in total. The molecule has 0 saturated heterocycles. The zero-order valence-electron chi connectivity index (χ0n) is 25.4. The molecule has 0 bridgehead atoms. The number of imidazole rings is 1. The van der Waals surface area contributed by atoms with Crippen LogP contribution < -0.4 is 20.1 Å². The number of fused-ring (bicyclic) bond motifs is 1. The minimum Gasteiger partial charge on any atom is -0.495 e. The van der Waals surface area contributed by atoms with Crippen LogP contribution in [0.1, 0.15) is 25.6 Å². The molecule has 0 unspecified atom stereocenters. The van der Waals surface area contributed by atoms with Crippen LogP contribution in [0.5, 0.6) is 17.2 Å².